The van der Waals surface area contributed by atoms with Gasteiger partial charge in [-0.1, -0.05) is 28.1 Å². The molecule has 0 heterocycles. The normalized spacial score (nSPS) is 17.5. The molecule has 4 nitrogen and oxygen atoms in total. The van der Waals surface area contributed by atoms with E-state index in [0.29, 0.717) is 12.1 Å². The number of benzene rings is 1. The molecule has 0 spiro atoms. The van der Waals surface area contributed by atoms with Gasteiger partial charge in [0.05, 0.1) is 6.19 Å². The Bertz CT molecular complexity index is 479. The van der Waals surface area contributed by atoms with Gasteiger partial charge in [0.1, 0.15) is 6.04 Å². The number of carbonyl (C=O) groups is 2. The van der Waals surface area contributed by atoms with Crippen LogP contribution in [0.15, 0.2) is 28.7 Å². The highest BCUT2D eigenvalue weighted by Crippen LogP contribution is 2.44. The molecule has 0 aliphatic heterocycles. The van der Waals surface area contributed by atoms with Gasteiger partial charge in [-0.3, -0.25) is 4.79 Å². The van der Waals surface area contributed by atoms with Crippen LogP contribution in [0.1, 0.15) is 24.3 Å². The molecule has 0 amide bonds. The minimum atomic E-state index is -0.935. The van der Waals surface area contributed by atoms with Crippen molar-refractivity contribution >= 4 is 35.5 Å². The number of nitrogens with one attached hydrogen (secondary N) is 1. The number of hydrogen-bond donors (Lipinski definition) is 2. The van der Waals surface area contributed by atoms with Crippen molar-refractivity contribution in [2.24, 2.45) is 5.92 Å². The van der Waals surface area contributed by atoms with Crippen LogP contribution in [-0.2, 0) is 9.59 Å². The van der Waals surface area contributed by atoms with Gasteiger partial charge in [-0.05, 0) is 36.5 Å². The number of carbonyl (C=O) groups excluding carboxylic acids is 1. The van der Waals surface area contributed by atoms with Crippen molar-refractivity contribution in [1.82, 2.24) is 5.23 Å². The maximum Gasteiger partial charge on any atom is 0.320 e. The van der Waals surface area contributed by atoms with Crippen molar-refractivity contribution in [1.29, 1.82) is 0 Å². The van der Waals surface area contributed by atoms with Crippen LogP contribution in [-0.4, -0.2) is 30.7 Å². The van der Waals surface area contributed by atoms with Gasteiger partial charge >= 0.3 is 5.97 Å². The Morgan fingerprint density at radius 2 is 2.26 bits per heavy atom. The van der Waals surface area contributed by atoms with E-state index in [1.165, 1.54) is 0 Å². The monoisotopic (exact) mass is 322 g/mol. The molecule has 19 heavy (non-hydrogen) atoms. The summed E-state index contributed by atoms with van der Waals surface area (Å²) in [6, 6.07) is 6.92. The second-order valence-corrected chi connectivity index (χ2v) is 5.62. The number of rotatable bonds is 7. The first-order chi connectivity index (χ1) is 9.13. The molecule has 2 N–H and O–H groups in total. The fourth-order valence-corrected chi connectivity index (χ4v) is 2.79. The molecule has 1 fully saturated rings. The predicted octanol–water partition coefficient (Wildman–Crippen LogP) is 1.79. The molecule has 0 aromatic heterocycles. The van der Waals surface area contributed by atoms with Gasteiger partial charge in [-0.25, -0.2) is 0 Å². The summed E-state index contributed by atoms with van der Waals surface area (Å²) in [5.74, 6) is -0.691. The summed E-state index contributed by atoms with van der Waals surface area (Å²) in [6.07, 6.45) is 2.63. The lowest BCUT2D eigenvalue weighted by molar-refractivity contribution is -0.139. The topological polar surface area (TPSA) is 66.4 Å². The predicted molar refractivity (Wildman–Crippen MR) is 76.7 cm³/mol. The minimum absolute atomic E-state index is 0.119. The molecule has 99 valence electrons. The van der Waals surface area contributed by atoms with Gasteiger partial charge in [0.15, 0.2) is 0 Å². The fraction of sp³-hybridized carbons (Fsp3) is 0.385. The molecule has 0 saturated heterocycles. The highest BCUT2D eigenvalue weighted by molar-refractivity contribution is 9.10. The Morgan fingerprint density at radius 3 is 2.79 bits per heavy atom. The van der Waals surface area contributed by atoms with Crippen LogP contribution in [0.25, 0.3) is 0 Å². The SMILES string of the molecule is O=C[B]NC(C(=O)O)C(c1cccc(Br)c1)C1CC1. The molecule has 6 heteroatoms. The molecular weight excluding hydrogens is 309 g/mol. The average Bonchev–Trinajstić information content (AvgIpc) is 3.18. The molecule has 1 radical (unpaired) electrons. The van der Waals surface area contributed by atoms with Crippen LogP contribution in [0.4, 0.5) is 0 Å². The van der Waals surface area contributed by atoms with Crippen molar-refractivity contribution < 1.29 is 14.7 Å². The van der Waals surface area contributed by atoms with E-state index >= 15 is 0 Å². The summed E-state index contributed by atoms with van der Waals surface area (Å²) in [7, 11) is 1.16. The van der Waals surface area contributed by atoms with Crippen LogP contribution in [0.3, 0.4) is 0 Å². The van der Waals surface area contributed by atoms with Crippen LogP contribution in [0.2, 0.25) is 0 Å². The quantitative estimate of drug-likeness (QED) is 0.593. The van der Waals surface area contributed by atoms with Crippen LogP contribution < -0.4 is 5.23 Å². The van der Waals surface area contributed by atoms with Gasteiger partial charge < -0.3 is 15.1 Å². The largest absolute Gasteiger partial charge is 0.480 e. The van der Waals surface area contributed by atoms with E-state index in [1.54, 1.807) is 0 Å². The summed E-state index contributed by atoms with van der Waals surface area (Å²) in [5, 5.41) is 12.1. The smallest absolute Gasteiger partial charge is 0.320 e. The minimum Gasteiger partial charge on any atom is -0.480 e. The first kappa shape index (κ1) is 14.3. The molecule has 1 aromatic carbocycles. The zero-order valence-corrected chi connectivity index (χ0v) is 11.8. The Kier molecular flexibility index (Phi) is 4.77. The van der Waals surface area contributed by atoms with Crippen molar-refractivity contribution in [2.45, 2.75) is 24.8 Å². The second kappa shape index (κ2) is 6.35. The highest BCUT2D eigenvalue weighted by atomic mass is 79.9. The molecule has 2 rings (SSSR count). The number of hydrogen-bond acceptors (Lipinski definition) is 3. The van der Waals surface area contributed by atoms with Gasteiger partial charge in [-0.2, -0.15) is 0 Å². The zero-order valence-electron chi connectivity index (χ0n) is 10.3. The molecule has 0 bridgehead atoms. The van der Waals surface area contributed by atoms with E-state index in [0.717, 1.165) is 30.3 Å². The molecule has 1 aliphatic carbocycles. The molecule has 1 aromatic rings. The van der Waals surface area contributed by atoms with Crippen molar-refractivity contribution in [3.05, 3.63) is 34.3 Å². The standard InChI is InChI=1S/C13H14BBrNO3/c15-10-3-1-2-9(6-10)11(8-4-5-8)12(13(18)19)16-14-7-17/h1-3,6-8,11-12,16H,4-5H2,(H,18,19). The molecule has 2 atom stereocenters. The summed E-state index contributed by atoms with van der Waals surface area (Å²) >= 11 is 3.41. The Hall–Kier alpha value is -1.14. The van der Waals surface area contributed by atoms with Crippen LogP contribution in [0, 0.1) is 5.92 Å². The number of halogens is 1. The Morgan fingerprint density at radius 1 is 1.53 bits per heavy atom. The third kappa shape index (κ3) is 3.67. The van der Waals surface area contributed by atoms with E-state index < -0.39 is 12.0 Å². The lowest BCUT2D eigenvalue weighted by Gasteiger charge is -2.25. The number of aliphatic carboxylic acids is 1. The highest BCUT2D eigenvalue weighted by Gasteiger charge is 2.40. The maximum atomic E-state index is 11.4. The van der Waals surface area contributed by atoms with E-state index in [1.807, 2.05) is 24.3 Å². The summed E-state index contributed by atoms with van der Waals surface area (Å²) in [6.45, 7) is 0. The molecule has 2 unspecified atom stereocenters. The molecule has 1 aliphatic rings. The van der Waals surface area contributed by atoms with Gasteiger partial charge in [-0.15, -0.1) is 0 Å². The van der Waals surface area contributed by atoms with Crippen molar-refractivity contribution in [3.63, 3.8) is 0 Å². The lowest BCUT2D eigenvalue weighted by Crippen LogP contribution is -2.44. The van der Waals surface area contributed by atoms with E-state index in [2.05, 4.69) is 21.2 Å². The van der Waals surface area contributed by atoms with Crippen LogP contribution in [0.5, 0.6) is 0 Å². The molecule has 1 saturated carbocycles. The van der Waals surface area contributed by atoms with Crippen LogP contribution >= 0.6 is 15.9 Å². The number of carboxylic acid groups (broad SMARTS) is 1. The van der Waals surface area contributed by atoms with E-state index in [9.17, 15) is 14.7 Å². The molecular formula is C13H14BBrNO3. The maximum absolute atomic E-state index is 11.4. The second-order valence-electron chi connectivity index (χ2n) is 4.70. The first-order valence-electron chi connectivity index (χ1n) is 6.14. The van der Waals surface area contributed by atoms with Gasteiger partial charge in [0.25, 0.3) is 7.41 Å². The average molecular weight is 323 g/mol. The lowest BCUT2D eigenvalue weighted by atomic mass is 9.83. The Balaban J connectivity index is 2.27. The van der Waals surface area contributed by atoms with Gasteiger partial charge in [0.2, 0.25) is 0 Å². The third-order valence-electron chi connectivity index (χ3n) is 3.33. The summed E-state index contributed by atoms with van der Waals surface area (Å²) < 4.78 is 0.930. The first-order valence-corrected chi connectivity index (χ1v) is 6.94. The van der Waals surface area contributed by atoms with Crippen molar-refractivity contribution in [3.8, 4) is 0 Å². The van der Waals surface area contributed by atoms with E-state index in [4.69, 9.17) is 0 Å². The van der Waals surface area contributed by atoms with E-state index in [-0.39, 0.29) is 5.92 Å². The fourth-order valence-electron chi connectivity index (χ4n) is 2.38. The zero-order chi connectivity index (χ0) is 13.8. The van der Waals surface area contributed by atoms with Gasteiger partial charge in [0, 0.05) is 10.4 Å². The number of carboxylic acids is 1. The Labute approximate surface area is 121 Å². The van der Waals surface area contributed by atoms with Crippen molar-refractivity contribution in [2.75, 3.05) is 0 Å². The summed E-state index contributed by atoms with van der Waals surface area (Å²) in [5.41, 5.74) is 0.982. The summed E-state index contributed by atoms with van der Waals surface area (Å²) in [4.78, 5) is 21.8. The third-order valence-corrected chi connectivity index (χ3v) is 3.83.